The van der Waals surface area contributed by atoms with E-state index in [4.69, 9.17) is 0 Å². The van der Waals surface area contributed by atoms with Crippen molar-refractivity contribution in [3.05, 3.63) is 59.3 Å². The Morgan fingerprint density at radius 2 is 1.73 bits per heavy atom. The lowest BCUT2D eigenvalue weighted by molar-refractivity contribution is 0.219. The third-order valence-corrected chi connectivity index (χ3v) is 4.48. The monoisotopic (exact) mass is 296 g/mol. The Kier molecular flexibility index (Phi) is 4.74. The third kappa shape index (κ3) is 3.30. The van der Waals surface area contributed by atoms with Gasteiger partial charge in [-0.1, -0.05) is 43.2 Å². The lowest BCUT2D eigenvalue weighted by Crippen LogP contribution is -2.25. The number of aryl methyl sites for hydroxylation is 1. The molecule has 1 atom stereocenters. The number of aliphatic hydroxyl groups excluding tert-OH is 1. The van der Waals surface area contributed by atoms with Gasteiger partial charge in [0.15, 0.2) is 0 Å². The second-order valence-corrected chi connectivity index (χ2v) is 6.11. The largest absolute Gasteiger partial charge is 0.384 e. The van der Waals surface area contributed by atoms with Gasteiger partial charge in [-0.3, -0.25) is 0 Å². The zero-order valence-electron chi connectivity index (χ0n) is 13.2. The molecule has 0 aliphatic carbocycles. The fourth-order valence-corrected chi connectivity index (χ4v) is 3.13. The highest BCUT2D eigenvalue weighted by molar-refractivity contribution is 5.45. The van der Waals surface area contributed by atoms with Crippen molar-refractivity contribution >= 4 is 5.82 Å². The Morgan fingerprint density at radius 3 is 2.36 bits per heavy atom. The maximum absolute atomic E-state index is 10.6. The molecule has 2 heterocycles. The maximum atomic E-state index is 10.6. The molecule has 1 aliphatic heterocycles. The summed E-state index contributed by atoms with van der Waals surface area (Å²) < 4.78 is 0. The summed E-state index contributed by atoms with van der Waals surface area (Å²) in [5.74, 6) is 1.04. The van der Waals surface area contributed by atoms with Crippen molar-refractivity contribution in [2.75, 3.05) is 18.0 Å². The molecule has 1 saturated heterocycles. The van der Waals surface area contributed by atoms with Crippen LogP contribution in [0.1, 0.15) is 48.5 Å². The Bertz CT molecular complexity index is 604. The molecule has 1 aliphatic rings. The van der Waals surface area contributed by atoms with Gasteiger partial charge in [-0.25, -0.2) is 4.98 Å². The number of rotatable bonds is 3. The van der Waals surface area contributed by atoms with Crippen molar-refractivity contribution < 1.29 is 5.11 Å². The first-order valence-electron chi connectivity index (χ1n) is 8.20. The number of nitrogens with zero attached hydrogens (tertiary/aromatic N) is 2. The predicted molar refractivity (Wildman–Crippen MR) is 90.2 cm³/mol. The first-order chi connectivity index (χ1) is 10.8. The smallest absolute Gasteiger partial charge is 0.128 e. The lowest BCUT2D eigenvalue weighted by Gasteiger charge is -2.23. The fraction of sp³-hybridized carbons (Fsp3) is 0.421. The van der Waals surface area contributed by atoms with E-state index in [1.165, 1.54) is 25.7 Å². The van der Waals surface area contributed by atoms with Gasteiger partial charge in [0.25, 0.3) is 0 Å². The molecule has 0 saturated carbocycles. The molecule has 0 radical (unpaired) electrons. The Labute approximate surface area is 132 Å². The van der Waals surface area contributed by atoms with Crippen LogP contribution in [0.4, 0.5) is 5.82 Å². The molecule has 1 fully saturated rings. The molecular formula is C19H24N2O. The highest BCUT2D eigenvalue weighted by Gasteiger charge is 2.16. The molecule has 1 N–H and O–H groups in total. The molecule has 3 nitrogen and oxygen atoms in total. The van der Waals surface area contributed by atoms with Crippen LogP contribution in [0.15, 0.2) is 42.6 Å². The van der Waals surface area contributed by atoms with E-state index in [0.717, 1.165) is 35.6 Å². The van der Waals surface area contributed by atoms with E-state index in [0.29, 0.717) is 0 Å². The second kappa shape index (κ2) is 6.93. The van der Waals surface area contributed by atoms with Crippen LogP contribution < -0.4 is 4.90 Å². The molecule has 0 bridgehead atoms. The van der Waals surface area contributed by atoms with E-state index in [9.17, 15) is 5.11 Å². The first-order valence-corrected chi connectivity index (χ1v) is 8.20. The number of hydrogen-bond donors (Lipinski definition) is 1. The predicted octanol–water partition coefficient (Wildman–Crippen LogP) is 3.85. The number of anilines is 1. The minimum atomic E-state index is -0.605. The van der Waals surface area contributed by atoms with Crippen molar-refractivity contribution in [2.24, 2.45) is 0 Å². The zero-order valence-corrected chi connectivity index (χ0v) is 13.2. The molecule has 22 heavy (non-hydrogen) atoms. The molecule has 3 rings (SSSR count). The summed E-state index contributed by atoms with van der Waals surface area (Å²) in [6.45, 7) is 4.24. The van der Waals surface area contributed by atoms with Crippen LogP contribution in [-0.4, -0.2) is 23.2 Å². The van der Waals surface area contributed by atoms with E-state index < -0.39 is 6.10 Å². The number of aromatic nitrogens is 1. The Hall–Kier alpha value is -1.87. The molecule has 116 valence electrons. The molecule has 0 amide bonds. The fourth-order valence-electron chi connectivity index (χ4n) is 3.13. The molecule has 1 unspecified atom stereocenters. The summed E-state index contributed by atoms with van der Waals surface area (Å²) in [6, 6.07) is 11.9. The van der Waals surface area contributed by atoms with Gasteiger partial charge in [-0.2, -0.15) is 0 Å². The molecule has 1 aromatic carbocycles. The number of hydrogen-bond acceptors (Lipinski definition) is 3. The van der Waals surface area contributed by atoms with Crippen LogP contribution in [0, 0.1) is 6.92 Å². The van der Waals surface area contributed by atoms with Gasteiger partial charge >= 0.3 is 0 Å². The SMILES string of the molecule is Cc1cc(N2CCCCCC2)ncc1C(O)c1ccccc1. The Balaban J connectivity index is 1.82. The summed E-state index contributed by atoms with van der Waals surface area (Å²) in [5, 5.41) is 10.6. The minimum absolute atomic E-state index is 0.605. The van der Waals surface area contributed by atoms with Crippen LogP contribution in [0.5, 0.6) is 0 Å². The average molecular weight is 296 g/mol. The molecule has 0 spiro atoms. The summed E-state index contributed by atoms with van der Waals surface area (Å²) in [4.78, 5) is 6.99. The summed E-state index contributed by atoms with van der Waals surface area (Å²) in [6.07, 6.45) is 6.37. The van der Waals surface area contributed by atoms with E-state index in [-0.39, 0.29) is 0 Å². The van der Waals surface area contributed by atoms with Crippen LogP contribution in [0.2, 0.25) is 0 Å². The van der Waals surface area contributed by atoms with Crippen molar-refractivity contribution in [3.63, 3.8) is 0 Å². The van der Waals surface area contributed by atoms with Gasteiger partial charge in [0.05, 0.1) is 0 Å². The van der Waals surface area contributed by atoms with Crippen molar-refractivity contribution in [2.45, 2.75) is 38.7 Å². The topological polar surface area (TPSA) is 36.4 Å². The highest BCUT2D eigenvalue weighted by atomic mass is 16.3. The van der Waals surface area contributed by atoms with Crippen LogP contribution in [0.25, 0.3) is 0 Å². The van der Waals surface area contributed by atoms with Crippen molar-refractivity contribution in [1.82, 2.24) is 4.98 Å². The molecular weight excluding hydrogens is 272 g/mol. The maximum Gasteiger partial charge on any atom is 0.128 e. The number of benzene rings is 1. The van der Waals surface area contributed by atoms with Crippen LogP contribution in [0.3, 0.4) is 0 Å². The summed E-state index contributed by atoms with van der Waals surface area (Å²) in [5.41, 5.74) is 2.91. The summed E-state index contributed by atoms with van der Waals surface area (Å²) in [7, 11) is 0. The van der Waals surface area contributed by atoms with Gasteiger partial charge < -0.3 is 10.0 Å². The third-order valence-electron chi connectivity index (χ3n) is 4.48. The van der Waals surface area contributed by atoms with E-state index >= 15 is 0 Å². The quantitative estimate of drug-likeness (QED) is 0.934. The van der Waals surface area contributed by atoms with Gasteiger partial charge in [0.1, 0.15) is 11.9 Å². The van der Waals surface area contributed by atoms with Gasteiger partial charge in [0, 0.05) is 24.8 Å². The van der Waals surface area contributed by atoms with E-state index in [1.807, 2.05) is 36.5 Å². The standard InChI is InChI=1S/C19H24N2O/c1-15-13-18(21-11-7-2-3-8-12-21)20-14-17(15)19(22)16-9-5-4-6-10-16/h4-6,9-10,13-14,19,22H,2-3,7-8,11-12H2,1H3. The van der Waals surface area contributed by atoms with Gasteiger partial charge in [-0.05, 0) is 37.0 Å². The van der Waals surface area contributed by atoms with Gasteiger partial charge in [0.2, 0.25) is 0 Å². The molecule has 3 heteroatoms. The average Bonchev–Trinajstić information content (AvgIpc) is 2.84. The summed E-state index contributed by atoms with van der Waals surface area (Å²) >= 11 is 0. The van der Waals surface area contributed by atoms with E-state index in [1.54, 1.807) is 0 Å². The van der Waals surface area contributed by atoms with E-state index in [2.05, 4.69) is 22.9 Å². The normalized spacial score (nSPS) is 17.1. The lowest BCUT2D eigenvalue weighted by atomic mass is 9.99. The number of pyridine rings is 1. The van der Waals surface area contributed by atoms with Crippen molar-refractivity contribution in [1.29, 1.82) is 0 Å². The zero-order chi connectivity index (χ0) is 15.4. The van der Waals surface area contributed by atoms with Gasteiger partial charge in [-0.15, -0.1) is 0 Å². The molecule has 2 aromatic rings. The molecule has 1 aromatic heterocycles. The Morgan fingerprint density at radius 1 is 1.05 bits per heavy atom. The highest BCUT2D eigenvalue weighted by Crippen LogP contribution is 2.27. The van der Waals surface area contributed by atoms with Crippen LogP contribution >= 0.6 is 0 Å². The van der Waals surface area contributed by atoms with Crippen molar-refractivity contribution in [3.8, 4) is 0 Å². The second-order valence-electron chi connectivity index (χ2n) is 6.11. The minimum Gasteiger partial charge on any atom is -0.384 e. The first kappa shape index (κ1) is 15.0. The number of aliphatic hydroxyl groups is 1. The van der Waals surface area contributed by atoms with Crippen LogP contribution in [-0.2, 0) is 0 Å².